The van der Waals surface area contributed by atoms with Gasteiger partial charge in [-0.05, 0) is 30.2 Å². The van der Waals surface area contributed by atoms with Crippen LogP contribution in [0, 0.1) is 0 Å². The number of benzene rings is 1. The first-order valence-electron chi connectivity index (χ1n) is 6.63. The molecular weight excluding hydrogens is 242 g/mol. The van der Waals surface area contributed by atoms with E-state index in [9.17, 15) is 9.59 Å². The van der Waals surface area contributed by atoms with Gasteiger partial charge in [-0.1, -0.05) is 0 Å². The number of aryl methyl sites for hydroxylation is 1. The smallest absolute Gasteiger partial charge is 0.224 e. The monoisotopic (exact) mass is 259 g/mol. The van der Waals surface area contributed by atoms with Crippen LogP contribution in [0.1, 0.15) is 12.0 Å². The fourth-order valence-corrected chi connectivity index (χ4v) is 2.65. The van der Waals surface area contributed by atoms with Gasteiger partial charge in [-0.2, -0.15) is 0 Å². The normalized spacial score (nSPS) is 18.8. The number of hydrogen-bond donors (Lipinski definition) is 1. The number of piperazine rings is 1. The van der Waals surface area contributed by atoms with E-state index in [1.54, 1.807) is 4.90 Å². The lowest BCUT2D eigenvalue weighted by atomic mass is 10.0. The van der Waals surface area contributed by atoms with Crippen LogP contribution in [0.3, 0.4) is 0 Å². The van der Waals surface area contributed by atoms with Crippen LogP contribution >= 0.6 is 0 Å². The number of amides is 2. The van der Waals surface area contributed by atoms with E-state index in [-0.39, 0.29) is 5.91 Å². The number of carbonyl (C=O) groups is 2. The molecule has 1 N–H and O–H groups in total. The summed E-state index contributed by atoms with van der Waals surface area (Å²) in [5.74, 6) is 0.0971. The summed E-state index contributed by atoms with van der Waals surface area (Å²) in [5, 5.41) is 2.89. The Morgan fingerprint density at radius 3 is 2.63 bits per heavy atom. The number of rotatable bonds is 2. The molecule has 5 heteroatoms. The molecule has 1 aromatic rings. The minimum Gasteiger partial charge on any atom is -0.368 e. The number of carbonyl (C=O) groups excluding carboxylic acids is 2. The molecule has 19 heavy (non-hydrogen) atoms. The number of fused-ring (bicyclic) bond motifs is 1. The van der Waals surface area contributed by atoms with Crippen molar-refractivity contribution >= 4 is 23.7 Å². The highest BCUT2D eigenvalue weighted by molar-refractivity contribution is 5.94. The zero-order valence-electron chi connectivity index (χ0n) is 10.8. The van der Waals surface area contributed by atoms with E-state index < -0.39 is 0 Å². The van der Waals surface area contributed by atoms with Crippen molar-refractivity contribution in [1.82, 2.24) is 4.90 Å². The number of nitrogens with one attached hydrogen (secondary N) is 1. The summed E-state index contributed by atoms with van der Waals surface area (Å²) < 4.78 is 0. The molecule has 2 aliphatic rings. The molecule has 1 saturated heterocycles. The van der Waals surface area contributed by atoms with E-state index in [0.29, 0.717) is 6.42 Å². The second-order valence-electron chi connectivity index (χ2n) is 5.02. The van der Waals surface area contributed by atoms with Gasteiger partial charge in [0.15, 0.2) is 0 Å². The lowest BCUT2D eigenvalue weighted by Crippen LogP contribution is -2.45. The Kier molecular flexibility index (Phi) is 3.11. The first-order valence-corrected chi connectivity index (χ1v) is 6.63. The van der Waals surface area contributed by atoms with Crippen LogP contribution in [0.25, 0.3) is 0 Å². The lowest BCUT2D eigenvalue weighted by molar-refractivity contribution is -0.118. The van der Waals surface area contributed by atoms with Crippen LogP contribution in [0.15, 0.2) is 18.2 Å². The van der Waals surface area contributed by atoms with Crippen LogP contribution in [0.2, 0.25) is 0 Å². The fraction of sp³-hybridized carbons (Fsp3) is 0.429. The molecule has 0 radical (unpaired) electrons. The highest BCUT2D eigenvalue weighted by Crippen LogP contribution is 2.27. The van der Waals surface area contributed by atoms with Gasteiger partial charge >= 0.3 is 0 Å². The van der Waals surface area contributed by atoms with Crippen LogP contribution < -0.4 is 10.2 Å². The number of hydrogen-bond acceptors (Lipinski definition) is 3. The lowest BCUT2D eigenvalue weighted by Gasteiger charge is -2.34. The van der Waals surface area contributed by atoms with Gasteiger partial charge < -0.3 is 15.1 Å². The summed E-state index contributed by atoms with van der Waals surface area (Å²) in [5.41, 5.74) is 3.32. The van der Waals surface area contributed by atoms with Crippen molar-refractivity contribution in [2.45, 2.75) is 12.8 Å². The molecule has 1 aromatic carbocycles. The maximum Gasteiger partial charge on any atom is 0.224 e. The minimum absolute atomic E-state index is 0.0971. The number of nitrogens with zero attached hydrogens (tertiary/aromatic N) is 2. The predicted molar refractivity (Wildman–Crippen MR) is 73.2 cm³/mol. The summed E-state index contributed by atoms with van der Waals surface area (Å²) in [7, 11) is 0. The van der Waals surface area contributed by atoms with Crippen molar-refractivity contribution in [3.8, 4) is 0 Å². The summed E-state index contributed by atoms with van der Waals surface area (Å²) in [6.07, 6.45) is 2.29. The molecule has 2 amide bonds. The average molecular weight is 259 g/mol. The third kappa shape index (κ3) is 2.41. The van der Waals surface area contributed by atoms with Gasteiger partial charge in [0.2, 0.25) is 12.3 Å². The van der Waals surface area contributed by atoms with E-state index in [0.717, 1.165) is 44.7 Å². The van der Waals surface area contributed by atoms with Crippen molar-refractivity contribution in [1.29, 1.82) is 0 Å². The first kappa shape index (κ1) is 12.0. The summed E-state index contributed by atoms with van der Waals surface area (Å²) in [6.45, 7) is 3.28. The highest BCUT2D eigenvalue weighted by Gasteiger charge is 2.19. The van der Waals surface area contributed by atoms with Crippen LogP contribution in [-0.4, -0.2) is 43.4 Å². The molecule has 0 bridgehead atoms. The second-order valence-corrected chi connectivity index (χ2v) is 5.02. The molecule has 100 valence electrons. The van der Waals surface area contributed by atoms with Gasteiger partial charge in [0.1, 0.15) is 0 Å². The van der Waals surface area contributed by atoms with Crippen molar-refractivity contribution in [3.63, 3.8) is 0 Å². The maximum atomic E-state index is 11.3. The number of anilines is 2. The van der Waals surface area contributed by atoms with Crippen molar-refractivity contribution < 1.29 is 9.59 Å². The van der Waals surface area contributed by atoms with Crippen molar-refractivity contribution in [3.05, 3.63) is 23.8 Å². The van der Waals surface area contributed by atoms with E-state index >= 15 is 0 Å². The molecule has 0 atom stereocenters. The van der Waals surface area contributed by atoms with Crippen LogP contribution in [0.4, 0.5) is 11.4 Å². The van der Waals surface area contributed by atoms with Crippen molar-refractivity contribution in [2.75, 3.05) is 36.4 Å². The Bertz CT molecular complexity index is 507. The van der Waals surface area contributed by atoms with Gasteiger partial charge in [-0.3, -0.25) is 9.59 Å². The minimum atomic E-state index is 0.0971. The molecule has 2 aliphatic heterocycles. The topological polar surface area (TPSA) is 52.7 Å². The molecule has 0 aliphatic carbocycles. The summed E-state index contributed by atoms with van der Waals surface area (Å²) in [4.78, 5) is 26.1. The quantitative estimate of drug-likeness (QED) is 0.801. The Morgan fingerprint density at radius 2 is 1.89 bits per heavy atom. The fourth-order valence-electron chi connectivity index (χ4n) is 2.65. The molecule has 0 spiro atoms. The maximum absolute atomic E-state index is 11.3. The van der Waals surface area contributed by atoms with E-state index in [1.807, 2.05) is 12.1 Å². The average Bonchev–Trinajstić information content (AvgIpc) is 2.47. The summed E-state index contributed by atoms with van der Waals surface area (Å²) in [6, 6.07) is 6.18. The van der Waals surface area contributed by atoms with Gasteiger partial charge in [-0.15, -0.1) is 0 Å². The molecule has 0 saturated carbocycles. The first-order chi connectivity index (χ1) is 9.26. The van der Waals surface area contributed by atoms with Gasteiger partial charge in [-0.25, -0.2) is 0 Å². The molecule has 0 aromatic heterocycles. The molecule has 5 nitrogen and oxygen atoms in total. The largest absolute Gasteiger partial charge is 0.368 e. The zero-order chi connectivity index (χ0) is 13.2. The van der Waals surface area contributed by atoms with Crippen LogP contribution in [-0.2, 0) is 16.0 Å². The van der Waals surface area contributed by atoms with E-state index in [4.69, 9.17) is 0 Å². The molecule has 2 heterocycles. The van der Waals surface area contributed by atoms with Crippen molar-refractivity contribution in [2.24, 2.45) is 0 Å². The van der Waals surface area contributed by atoms with Gasteiger partial charge in [0.25, 0.3) is 0 Å². The molecule has 1 fully saturated rings. The Hall–Kier alpha value is -2.04. The van der Waals surface area contributed by atoms with E-state index in [1.165, 1.54) is 11.3 Å². The third-order valence-corrected chi connectivity index (χ3v) is 3.81. The SMILES string of the molecule is O=CN1CCN(c2ccc3c(c2)CCC(=O)N3)CC1. The highest BCUT2D eigenvalue weighted by atomic mass is 16.1. The van der Waals surface area contributed by atoms with Gasteiger partial charge in [0, 0.05) is 44.0 Å². The van der Waals surface area contributed by atoms with Gasteiger partial charge in [0.05, 0.1) is 0 Å². The zero-order valence-corrected chi connectivity index (χ0v) is 10.8. The predicted octanol–water partition coefficient (Wildman–Crippen LogP) is 0.850. The standard InChI is InChI=1S/C14H17N3O2/c18-10-16-5-7-17(8-6-16)12-2-3-13-11(9-12)1-4-14(19)15-13/h2-3,9-10H,1,4-8H2,(H,15,19). The van der Waals surface area contributed by atoms with Crippen LogP contribution in [0.5, 0.6) is 0 Å². The Labute approximate surface area is 112 Å². The second kappa shape index (κ2) is 4.91. The third-order valence-electron chi connectivity index (χ3n) is 3.81. The molecule has 3 rings (SSSR count). The molecule has 0 unspecified atom stereocenters. The van der Waals surface area contributed by atoms with E-state index in [2.05, 4.69) is 16.3 Å². The Morgan fingerprint density at radius 1 is 1.11 bits per heavy atom. The Balaban J connectivity index is 1.76. The summed E-state index contributed by atoms with van der Waals surface area (Å²) >= 11 is 0. The molecular formula is C14H17N3O2.